The average Bonchev–Trinajstić information content (AvgIpc) is 3.10. The zero-order chi connectivity index (χ0) is 15.7. The second-order valence-electron chi connectivity index (χ2n) is 4.77. The molecule has 8 heteroatoms. The van der Waals surface area contributed by atoms with E-state index in [9.17, 15) is 4.79 Å². The largest absolute Gasteiger partial charge is 0.351 e. The summed E-state index contributed by atoms with van der Waals surface area (Å²) in [7, 11) is 0. The number of aromatic nitrogens is 5. The van der Waals surface area contributed by atoms with E-state index in [0.717, 1.165) is 17.2 Å². The first-order chi connectivity index (χ1) is 10.6. The van der Waals surface area contributed by atoms with Crippen molar-refractivity contribution in [2.24, 2.45) is 0 Å². The van der Waals surface area contributed by atoms with Crippen LogP contribution in [0.1, 0.15) is 27.8 Å². The van der Waals surface area contributed by atoms with Gasteiger partial charge in [-0.3, -0.25) is 9.36 Å². The van der Waals surface area contributed by atoms with E-state index in [1.54, 1.807) is 0 Å². The molecular formula is C14H14N6O2. The Hall–Kier alpha value is -3.03. The predicted molar refractivity (Wildman–Crippen MR) is 77.8 cm³/mol. The monoisotopic (exact) mass is 298 g/mol. The maximum atomic E-state index is 11.8. The fourth-order valence-corrected chi connectivity index (χ4v) is 2.10. The molecule has 1 amide bonds. The summed E-state index contributed by atoms with van der Waals surface area (Å²) in [5.74, 6) is 1.04. The highest BCUT2D eigenvalue weighted by Gasteiger charge is 2.13. The molecule has 3 aromatic heterocycles. The molecule has 112 valence electrons. The van der Waals surface area contributed by atoms with Gasteiger partial charge in [0.05, 0.1) is 30.0 Å². The minimum Gasteiger partial charge on any atom is -0.351 e. The third kappa shape index (κ3) is 2.46. The highest BCUT2D eigenvalue weighted by Crippen LogP contribution is 2.15. The van der Waals surface area contributed by atoms with Gasteiger partial charge in [-0.05, 0) is 20.8 Å². The van der Waals surface area contributed by atoms with E-state index in [4.69, 9.17) is 4.52 Å². The van der Waals surface area contributed by atoms with Gasteiger partial charge in [0, 0.05) is 11.8 Å². The third-order valence-electron chi connectivity index (χ3n) is 3.27. The van der Waals surface area contributed by atoms with E-state index in [-0.39, 0.29) is 5.76 Å². The first-order valence-corrected chi connectivity index (χ1v) is 6.63. The molecule has 22 heavy (non-hydrogen) atoms. The molecule has 0 spiro atoms. The molecule has 3 heterocycles. The maximum absolute atomic E-state index is 11.8. The number of carbonyl (C=O) groups is 1. The summed E-state index contributed by atoms with van der Waals surface area (Å²) in [6.07, 6.45) is 4.47. The Morgan fingerprint density at radius 1 is 1.23 bits per heavy atom. The number of imidazole rings is 1. The number of carbonyl (C=O) groups excluding carboxylic acids is 1. The van der Waals surface area contributed by atoms with Crippen LogP contribution in [0, 0.1) is 20.8 Å². The van der Waals surface area contributed by atoms with E-state index in [0.29, 0.717) is 11.6 Å². The van der Waals surface area contributed by atoms with Crippen LogP contribution in [0.5, 0.6) is 0 Å². The molecule has 0 atom stereocenters. The lowest BCUT2D eigenvalue weighted by molar-refractivity contribution is 0.0988. The van der Waals surface area contributed by atoms with Gasteiger partial charge in [0.15, 0.2) is 0 Å². The molecule has 3 rings (SSSR count). The highest BCUT2D eigenvalue weighted by molar-refractivity contribution is 6.01. The van der Waals surface area contributed by atoms with Crippen LogP contribution in [0.3, 0.4) is 0 Å². The number of nitrogens with zero attached hydrogens (tertiary/aromatic N) is 5. The molecule has 0 aliphatic heterocycles. The molecular weight excluding hydrogens is 284 g/mol. The second-order valence-corrected chi connectivity index (χ2v) is 4.77. The lowest BCUT2D eigenvalue weighted by atomic mass is 10.4. The normalized spacial score (nSPS) is 10.7. The van der Waals surface area contributed by atoms with Gasteiger partial charge >= 0.3 is 0 Å². The summed E-state index contributed by atoms with van der Waals surface area (Å²) in [6.45, 7) is 5.78. The lowest BCUT2D eigenvalue weighted by Gasteiger charge is -2.07. The molecule has 0 fully saturated rings. The lowest BCUT2D eigenvalue weighted by Crippen LogP contribution is -2.12. The molecule has 0 aliphatic carbocycles. The van der Waals surface area contributed by atoms with Crippen LogP contribution >= 0.6 is 0 Å². The molecule has 3 aromatic rings. The van der Waals surface area contributed by atoms with Gasteiger partial charge in [0.2, 0.25) is 11.7 Å². The summed E-state index contributed by atoms with van der Waals surface area (Å²) >= 11 is 0. The summed E-state index contributed by atoms with van der Waals surface area (Å²) in [5, 5.41) is 6.12. The van der Waals surface area contributed by atoms with E-state index >= 15 is 0 Å². The van der Waals surface area contributed by atoms with Gasteiger partial charge in [-0.15, -0.1) is 0 Å². The summed E-state index contributed by atoms with van der Waals surface area (Å²) < 4.78 is 6.64. The molecule has 0 aromatic carbocycles. The topological polar surface area (TPSA) is 98.7 Å². The van der Waals surface area contributed by atoms with Crippen molar-refractivity contribution in [2.45, 2.75) is 20.8 Å². The van der Waals surface area contributed by atoms with Gasteiger partial charge in [0.25, 0.3) is 5.91 Å². The Morgan fingerprint density at radius 3 is 2.50 bits per heavy atom. The van der Waals surface area contributed by atoms with Crippen molar-refractivity contribution in [2.75, 3.05) is 5.32 Å². The molecule has 0 bridgehead atoms. The maximum Gasteiger partial charge on any atom is 0.294 e. The standard InChI is InChI=1S/C14H14N6O2/c1-8-9(2)20(10(3)18-8)14-15-6-11(7-16-14)19-13(21)12-4-5-17-22-12/h4-7H,1-3H3,(H,19,21). The van der Waals surface area contributed by atoms with Crippen molar-refractivity contribution in [1.82, 2.24) is 24.7 Å². The van der Waals surface area contributed by atoms with E-state index in [2.05, 4.69) is 25.4 Å². The van der Waals surface area contributed by atoms with Crippen LogP contribution in [0.15, 0.2) is 29.2 Å². The molecule has 0 saturated carbocycles. The van der Waals surface area contributed by atoms with Crippen molar-refractivity contribution >= 4 is 11.6 Å². The highest BCUT2D eigenvalue weighted by atomic mass is 16.5. The smallest absolute Gasteiger partial charge is 0.294 e. The Kier molecular flexibility index (Phi) is 3.42. The quantitative estimate of drug-likeness (QED) is 0.792. The first-order valence-electron chi connectivity index (χ1n) is 6.63. The summed E-state index contributed by atoms with van der Waals surface area (Å²) in [4.78, 5) is 24.7. The minimum atomic E-state index is -0.403. The molecule has 0 radical (unpaired) electrons. The van der Waals surface area contributed by atoms with Gasteiger partial charge in [-0.25, -0.2) is 15.0 Å². The van der Waals surface area contributed by atoms with E-state index in [1.165, 1.54) is 24.7 Å². The Balaban J connectivity index is 1.82. The van der Waals surface area contributed by atoms with Crippen LogP contribution in [-0.2, 0) is 0 Å². The van der Waals surface area contributed by atoms with Crippen LogP contribution in [-0.4, -0.2) is 30.6 Å². The van der Waals surface area contributed by atoms with Crippen molar-refractivity contribution in [3.8, 4) is 5.95 Å². The molecule has 0 saturated heterocycles. The van der Waals surface area contributed by atoms with E-state index < -0.39 is 5.91 Å². The van der Waals surface area contributed by atoms with Crippen LogP contribution < -0.4 is 5.32 Å². The second kappa shape index (κ2) is 5.40. The zero-order valence-electron chi connectivity index (χ0n) is 12.4. The third-order valence-corrected chi connectivity index (χ3v) is 3.27. The SMILES string of the molecule is Cc1nc(C)n(-c2ncc(NC(=O)c3ccno3)cn2)c1C. The van der Waals surface area contributed by atoms with Crippen LogP contribution in [0.2, 0.25) is 0 Å². The van der Waals surface area contributed by atoms with Crippen molar-refractivity contribution < 1.29 is 9.32 Å². The molecule has 8 nitrogen and oxygen atoms in total. The Morgan fingerprint density at radius 2 is 1.95 bits per heavy atom. The van der Waals surface area contributed by atoms with Gasteiger partial charge in [-0.1, -0.05) is 5.16 Å². The number of anilines is 1. The average molecular weight is 298 g/mol. The number of aryl methyl sites for hydroxylation is 2. The molecule has 0 unspecified atom stereocenters. The number of rotatable bonds is 3. The number of amides is 1. The van der Waals surface area contributed by atoms with Crippen molar-refractivity contribution in [1.29, 1.82) is 0 Å². The van der Waals surface area contributed by atoms with Gasteiger partial charge in [0.1, 0.15) is 5.82 Å². The number of nitrogens with one attached hydrogen (secondary N) is 1. The fourth-order valence-electron chi connectivity index (χ4n) is 2.10. The summed E-state index contributed by atoms with van der Waals surface area (Å²) in [5.41, 5.74) is 2.39. The number of hydrogen-bond donors (Lipinski definition) is 1. The minimum absolute atomic E-state index is 0.126. The first kappa shape index (κ1) is 13.9. The number of hydrogen-bond acceptors (Lipinski definition) is 6. The van der Waals surface area contributed by atoms with Gasteiger partial charge in [-0.2, -0.15) is 0 Å². The Bertz CT molecular complexity index is 805. The van der Waals surface area contributed by atoms with Crippen molar-refractivity contribution in [3.63, 3.8) is 0 Å². The molecule has 1 N–H and O–H groups in total. The van der Waals surface area contributed by atoms with Crippen LogP contribution in [0.4, 0.5) is 5.69 Å². The fraction of sp³-hybridized carbons (Fsp3) is 0.214. The van der Waals surface area contributed by atoms with Crippen molar-refractivity contribution in [3.05, 3.63) is 47.6 Å². The Labute approximate surface area is 126 Å². The van der Waals surface area contributed by atoms with E-state index in [1.807, 2.05) is 25.3 Å². The zero-order valence-corrected chi connectivity index (χ0v) is 12.4. The summed E-state index contributed by atoms with van der Waals surface area (Å²) in [6, 6.07) is 1.48. The van der Waals surface area contributed by atoms with Crippen LogP contribution in [0.25, 0.3) is 5.95 Å². The predicted octanol–water partition coefficient (Wildman–Crippen LogP) is 1.83. The van der Waals surface area contributed by atoms with Gasteiger partial charge < -0.3 is 9.84 Å². The molecule has 0 aliphatic rings.